The largest absolute Gasteiger partial charge is 0.343 e. The Morgan fingerprint density at radius 2 is 1.79 bits per heavy atom. The first-order chi connectivity index (χ1) is 9.06. The quantitative estimate of drug-likeness (QED) is 0.812. The molecule has 1 saturated heterocycles. The Morgan fingerprint density at radius 3 is 2.32 bits per heavy atom. The van der Waals surface area contributed by atoms with E-state index in [-0.39, 0.29) is 17.7 Å². The number of hydrogen-bond donors (Lipinski definition) is 1. The first-order valence-corrected chi connectivity index (χ1v) is 7.46. The minimum Gasteiger partial charge on any atom is -0.343 e. The highest BCUT2D eigenvalue weighted by Gasteiger charge is 2.25. The third-order valence-electron chi connectivity index (χ3n) is 3.42. The van der Waals surface area contributed by atoms with E-state index >= 15 is 0 Å². The van der Waals surface area contributed by atoms with Crippen molar-refractivity contribution in [2.75, 3.05) is 18.4 Å². The Kier molecular flexibility index (Phi) is 4.79. The number of halogens is 1. The van der Waals surface area contributed by atoms with Crippen LogP contribution in [0, 0.1) is 9.49 Å². The van der Waals surface area contributed by atoms with Crippen LogP contribution in [0.1, 0.15) is 19.8 Å². The van der Waals surface area contributed by atoms with Gasteiger partial charge < -0.3 is 10.2 Å². The second-order valence-electron chi connectivity index (χ2n) is 4.78. The molecule has 5 heteroatoms. The van der Waals surface area contributed by atoms with E-state index in [9.17, 15) is 9.59 Å². The molecule has 0 bridgehead atoms. The summed E-state index contributed by atoms with van der Waals surface area (Å²) in [6.45, 7) is 2.94. The van der Waals surface area contributed by atoms with Gasteiger partial charge >= 0.3 is 0 Å². The molecule has 1 N–H and O–H groups in total. The molecule has 1 aliphatic heterocycles. The van der Waals surface area contributed by atoms with E-state index in [1.807, 2.05) is 24.3 Å². The second kappa shape index (κ2) is 6.36. The van der Waals surface area contributed by atoms with Gasteiger partial charge in [0.25, 0.3) is 0 Å². The number of likely N-dealkylation sites (tertiary alicyclic amines) is 1. The van der Waals surface area contributed by atoms with Gasteiger partial charge in [0.1, 0.15) is 0 Å². The van der Waals surface area contributed by atoms with Gasteiger partial charge in [-0.15, -0.1) is 0 Å². The molecule has 0 aliphatic carbocycles. The summed E-state index contributed by atoms with van der Waals surface area (Å²) in [5, 5.41) is 2.94. The van der Waals surface area contributed by atoms with E-state index < -0.39 is 0 Å². The second-order valence-corrected chi connectivity index (χ2v) is 6.02. The molecule has 0 saturated carbocycles. The van der Waals surface area contributed by atoms with Crippen molar-refractivity contribution in [1.29, 1.82) is 0 Å². The molecule has 0 radical (unpaired) electrons. The van der Waals surface area contributed by atoms with Crippen LogP contribution in [0.15, 0.2) is 24.3 Å². The zero-order valence-corrected chi connectivity index (χ0v) is 13.0. The van der Waals surface area contributed by atoms with E-state index in [2.05, 4.69) is 27.9 Å². The summed E-state index contributed by atoms with van der Waals surface area (Å²) < 4.78 is 1.14. The fourth-order valence-corrected chi connectivity index (χ4v) is 2.59. The molecule has 2 amide bonds. The maximum Gasteiger partial charge on any atom is 0.227 e. The van der Waals surface area contributed by atoms with Crippen molar-refractivity contribution >= 4 is 40.1 Å². The zero-order chi connectivity index (χ0) is 13.8. The van der Waals surface area contributed by atoms with E-state index in [0.29, 0.717) is 13.1 Å². The van der Waals surface area contributed by atoms with Crippen LogP contribution in [-0.2, 0) is 9.59 Å². The summed E-state index contributed by atoms with van der Waals surface area (Å²) in [4.78, 5) is 25.1. The molecular formula is C14H17IN2O2. The lowest BCUT2D eigenvalue weighted by atomic mass is 9.96. The summed E-state index contributed by atoms with van der Waals surface area (Å²) >= 11 is 2.23. The molecule has 102 valence electrons. The average Bonchev–Trinajstić information content (AvgIpc) is 2.41. The lowest BCUT2D eigenvalue weighted by Crippen LogP contribution is -2.40. The van der Waals surface area contributed by atoms with Crippen molar-refractivity contribution in [2.24, 2.45) is 5.92 Å². The molecule has 0 atom stereocenters. The van der Waals surface area contributed by atoms with Gasteiger partial charge in [0.05, 0.1) is 0 Å². The number of amides is 2. The van der Waals surface area contributed by atoms with Crippen LogP contribution < -0.4 is 5.32 Å². The molecular weight excluding hydrogens is 355 g/mol. The number of nitrogens with zero attached hydrogens (tertiary/aromatic N) is 1. The minimum absolute atomic E-state index is 0.00915. The summed E-state index contributed by atoms with van der Waals surface area (Å²) in [6, 6.07) is 7.75. The van der Waals surface area contributed by atoms with Gasteiger partial charge in [0, 0.05) is 35.2 Å². The van der Waals surface area contributed by atoms with Crippen LogP contribution in [0.25, 0.3) is 0 Å². The highest BCUT2D eigenvalue weighted by Crippen LogP contribution is 2.20. The van der Waals surface area contributed by atoms with E-state index in [1.165, 1.54) is 0 Å². The van der Waals surface area contributed by atoms with Crippen LogP contribution in [0.4, 0.5) is 5.69 Å². The SMILES string of the molecule is CC(=O)N1CCC(C(=O)Nc2ccc(I)cc2)CC1. The monoisotopic (exact) mass is 372 g/mol. The van der Waals surface area contributed by atoms with Crippen molar-refractivity contribution in [2.45, 2.75) is 19.8 Å². The van der Waals surface area contributed by atoms with E-state index in [1.54, 1.807) is 11.8 Å². The molecule has 0 spiro atoms. The van der Waals surface area contributed by atoms with Crippen LogP contribution in [-0.4, -0.2) is 29.8 Å². The maximum absolute atomic E-state index is 12.1. The highest BCUT2D eigenvalue weighted by atomic mass is 127. The minimum atomic E-state index is 0.00915. The summed E-state index contributed by atoms with van der Waals surface area (Å²) in [7, 11) is 0. The summed E-state index contributed by atoms with van der Waals surface area (Å²) in [5.74, 6) is 0.163. The average molecular weight is 372 g/mol. The predicted octanol–water partition coefficient (Wildman–Crippen LogP) is 2.49. The molecule has 4 nitrogen and oxygen atoms in total. The number of carbonyl (C=O) groups excluding carboxylic acids is 2. The van der Waals surface area contributed by atoms with Gasteiger partial charge in [0.15, 0.2) is 0 Å². The fourth-order valence-electron chi connectivity index (χ4n) is 2.23. The number of benzene rings is 1. The van der Waals surface area contributed by atoms with Crippen molar-refractivity contribution in [3.8, 4) is 0 Å². The first-order valence-electron chi connectivity index (χ1n) is 6.38. The Bertz CT molecular complexity index is 465. The van der Waals surface area contributed by atoms with Gasteiger partial charge in [-0.3, -0.25) is 9.59 Å². The normalized spacial score (nSPS) is 16.2. The molecule has 1 aromatic carbocycles. The molecule has 0 aromatic heterocycles. The lowest BCUT2D eigenvalue weighted by Gasteiger charge is -2.30. The fraction of sp³-hybridized carbons (Fsp3) is 0.429. The molecule has 1 aromatic rings. The third-order valence-corrected chi connectivity index (χ3v) is 4.14. The maximum atomic E-state index is 12.1. The van der Waals surface area contributed by atoms with Crippen LogP contribution in [0.3, 0.4) is 0 Å². The number of carbonyl (C=O) groups is 2. The van der Waals surface area contributed by atoms with Gasteiger partial charge in [-0.25, -0.2) is 0 Å². The Labute approximate surface area is 126 Å². The van der Waals surface area contributed by atoms with E-state index in [4.69, 9.17) is 0 Å². The molecule has 1 aliphatic rings. The molecule has 2 rings (SSSR count). The Hall–Kier alpha value is -1.11. The molecule has 1 heterocycles. The van der Waals surface area contributed by atoms with Crippen LogP contribution in [0.2, 0.25) is 0 Å². The standard InChI is InChI=1S/C14H17IN2O2/c1-10(18)17-8-6-11(7-9-17)14(19)16-13-4-2-12(15)3-5-13/h2-5,11H,6-9H2,1H3,(H,16,19). The number of anilines is 1. The lowest BCUT2D eigenvalue weighted by molar-refractivity contribution is -0.132. The predicted molar refractivity (Wildman–Crippen MR) is 82.8 cm³/mol. The number of piperidine rings is 1. The number of hydrogen-bond acceptors (Lipinski definition) is 2. The Morgan fingerprint density at radius 1 is 1.21 bits per heavy atom. The highest BCUT2D eigenvalue weighted by molar-refractivity contribution is 14.1. The first kappa shape index (κ1) is 14.3. The van der Waals surface area contributed by atoms with Crippen molar-refractivity contribution in [1.82, 2.24) is 4.90 Å². The molecule has 19 heavy (non-hydrogen) atoms. The molecule has 0 unspecified atom stereocenters. The summed E-state index contributed by atoms with van der Waals surface area (Å²) in [6.07, 6.45) is 1.49. The third kappa shape index (κ3) is 3.92. The molecule has 1 fully saturated rings. The van der Waals surface area contributed by atoms with Crippen molar-refractivity contribution in [3.63, 3.8) is 0 Å². The van der Waals surface area contributed by atoms with Gasteiger partial charge in [-0.05, 0) is 59.7 Å². The zero-order valence-electron chi connectivity index (χ0n) is 10.9. The number of nitrogens with one attached hydrogen (secondary N) is 1. The smallest absolute Gasteiger partial charge is 0.227 e. The van der Waals surface area contributed by atoms with E-state index in [0.717, 1.165) is 22.1 Å². The van der Waals surface area contributed by atoms with Gasteiger partial charge in [0.2, 0.25) is 11.8 Å². The van der Waals surface area contributed by atoms with Gasteiger partial charge in [-0.2, -0.15) is 0 Å². The van der Waals surface area contributed by atoms with Crippen LogP contribution in [0.5, 0.6) is 0 Å². The van der Waals surface area contributed by atoms with Crippen LogP contribution >= 0.6 is 22.6 Å². The van der Waals surface area contributed by atoms with Gasteiger partial charge in [-0.1, -0.05) is 0 Å². The summed E-state index contributed by atoms with van der Waals surface area (Å²) in [5.41, 5.74) is 0.833. The Balaban J connectivity index is 1.88. The van der Waals surface area contributed by atoms with Crippen molar-refractivity contribution < 1.29 is 9.59 Å². The number of rotatable bonds is 2. The topological polar surface area (TPSA) is 49.4 Å². The van der Waals surface area contributed by atoms with Crippen molar-refractivity contribution in [3.05, 3.63) is 27.8 Å².